The Balaban J connectivity index is 1.80. The van der Waals surface area contributed by atoms with Crippen LogP contribution in [0.1, 0.15) is 42.1 Å². The average Bonchev–Trinajstić information content (AvgIpc) is 2.64. The van der Waals surface area contributed by atoms with Crippen molar-refractivity contribution in [1.29, 1.82) is 0 Å². The fourth-order valence-electron chi connectivity index (χ4n) is 3.10. The summed E-state index contributed by atoms with van der Waals surface area (Å²) in [5.74, 6) is -1.68. The quantitative estimate of drug-likeness (QED) is 0.689. The highest BCUT2D eigenvalue weighted by Gasteiger charge is 2.32. The number of rotatable bonds is 7. The van der Waals surface area contributed by atoms with Gasteiger partial charge in [-0.05, 0) is 56.5 Å². The maximum Gasteiger partial charge on any atom is 0.416 e. The van der Waals surface area contributed by atoms with Gasteiger partial charge in [0.2, 0.25) is 5.91 Å². The monoisotopic (exact) mass is 403 g/mol. The van der Waals surface area contributed by atoms with Crippen LogP contribution in [0.3, 0.4) is 0 Å². The van der Waals surface area contributed by atoms with Crippen molar-refractivity contribution in [3.63, 3.8) is 0 Å². The molecule has 1 aromatic rings. The minimum absolute atomic E-state index is 0.0137. The number of amides is 2. The summed E-state index contributed by atoms with van der Waals surface area (Å²) >= 11 is 0. The molecule has 1 saturated heterocycles. The van der Waals surface area contributed by atoms with E-state index in [1.165, 1.54) is 0 Å². The van der Waals surface area contributed by atoms with E-state index < -0.39 is 23.5 Å². The lowest BCUT2D eigenvalue weighted by atomic mass is 9.96. The van der Waals surface area contributed by atoms with Gasteiger partial charge >= 0.3 is 6.18 Å². The fraction of sp³-hybridized carbons (Fsp3) is 0.579. The van der Waals surface area contributed by atoms with Crippen molar-refractivity contribution in [2.75, 3.05) is 32.7 Å². The third-order valence-electron chi connectivity index (χ3n) is 4.69. The minimum Gasteiger partial charge on any atom is -0.355 e. The Morgan fingerprint density at radius 2 is 1.82 bits per heavy atom. The predicted octanol–water partition coefficient (Wildman–Crippen LogP) is 2.81. The summed E-state index contributed by atoms with van der Waals surface area (Å²) in [6, 6.07) is 1.81. The minimum atomic E-state index is -4.71. The molecule has 0 radical (unpaired) electrons. The number of halogens is 4. The zero-order valence-corrected chi connectivity index (χ0v) is 15.7. The number of likely N-dealkylation sites (tertiary alicyclic amines) is 1. The van der Waals surface area contributed by atoms with E-state index in [-0.39, 0.29) is 17.4 Å². The second kappa shape index (κ2) is 9.86. The highest BCUT2D eigenvalue weighted by molar-refractivity contribution is 5.94. The third-order valence-corrected chi connectivity index (χ3v) is 4.69. The Bertz CT molecular complexity index is 686. The summed E-state index contributed by atoms with van der Waals surface area (Å²) in [4.78, 5) is 25.9. The molecule has 0 atom stereocenters. The third kappa shape index (κ3) is 6.78. The first kappa shape index (κ1) is 22.1. The van der Waals surface area contributed by atoms with Crippen LogP contribution in [0.2, 0.25) is 0 Å². The molecule has 1 fully saturated rings. The molecule has 0 spiro atoms. The van der Waals surface area contributed by atoms with Crippen molar-refractivity contribution >= 4 is 11.8 Å². The largest absolute Gasteiger partial charge is 0.416 e. The van der Waals surface area contributed by atoms with Crippen molar-refractivity contribution in [1.82, 2.24) is 15.5 Å². The topological polar surface area (TPSA) is 61.4 Å². The molecule has 156 valence electrons. The molecule has 5 nitrogen and oxygen atoms in total. The molecule has 2 rings (SSSR count). The second-order valence-electron chi connectivity index (χ2n) is 7.01. The maximum atomic E-state index is 13.4. The first-order valence-corrected chi connectivity index (χ1v) is 9.34. The van der Waals surface area contributed by atoms with E-state index in [0.29, 0.717) is 44.9 Å². The van der Waals surface area contributed by atoms with Crippen LogP contribution in [0.25, 0.3) is 0 Å². The molecule has 1 aromatic carbocycles. The van der Waals surface area contributed by atoms with Gasteiger partial charge in [-0.15, -0.1) is 0 Å². The smallest absolute Gasteiger partial charge is 0.355 e. The van der Waals surface area contributed by atoms with Crippen molar-refractivity contribution in [2.45, 2.75) is 32.4 Å². The van der Waals surface area contributed by atoms with E-state index in [2.05, 4.69) is 10.6 Å². The Morgan fingerprint density at radius 1 is 1.14 bits per heavy atom. The molecular formula is C19H25F4N3O2. The first-order valence-electron chi connectivity index (χ1n) is 9.34. The van der Waals surface area contributed by atoms with Crippen molar-refractivity contribution < 1.29 is 27.2 Å². The summed E-state index contributed by atoms with van der Waals surface area (Å²) < 4.78 is 51.7. The summed E-state index contributed by atoms with van der Waals surface area (Å²) in [7, 11) is 0. The van der Waals surface area contributed by atoms with Gasteiger partial charge in [0.05, 0.1) is 12.1 Å². The number of nitrogens with one attached hydrogen (secondary N) is 2. The van der Waals surface area contributed by atoms with Crippen LogP contribution in [0, 0.1) is 11.7 Å². The molecule has 1 heterocycles. The van der Waals surface area contributed by atoms with Crippen LogP contribution in [-0.4, -0.2) is 49.4 Å². The molecular weight excluding hydrogens is 378 g/mol. The van der Waals surface area contributed by atoms with Gasteiger partial charge in [0.25, 0.3) is 5.91 Å². The van der Waals surface area contributed by atoms with E-state index in [9.17, 15) is 27.2 Å². The molecule has 2 N–H and O–H groups in total. The van der Waals surface area contributed by atoms with E-state index in [0.717, 1.165) is 25.3 Å². The summed E-state index contributed by atoms with van der Waals surface area (Å²) in [5, 5.41) is 5.41. The normalized spacial score (nSPS) is 16.0. The molecule has 0 bridgehead atoms. The van der Waals surface area contributed by atoms with Crippen LogP contribution >= 0.6 is 0 Å². The zero-order valence-electron chi connectivity index (χ0n) is 15.7. The van der Waals surface area contributed by atoms with Gasteiger partial charge in [0, 0.05) is 18.7 Å². The van der Waals surface area contributed by atoms with Crippen molar-refractivity contribution in [2.24, 2.45) is 5.92 Å². The predicted molar refractivity (Wildman–Crippen MR) is 96.2 cm³/mol. The molecule has 28 heavy (non-hydrogen) atoms. The Kier molecular flexibility index (Phi) is 7.79. The van der Waals surface area contributed by atoms with Crippen LogP contribution in [0.15, 0.2) is 18.2 Å². The van der Waals surface area contributed by atoms with Gasteiger partial charge in [0.1, 0.15) is 5.82 Å². The van der Waals surface area contributed by atoms with E-state index in [4.69, 9.17) is 0 Å². The van der Waals surface area contributed by atoms with Gasteiger partial charge in [-0.2, -0.15) is 13.2 Å². The Morgan fingerprint density at radius 3 is 2.43 bits per heavy atom. The SMILES string of the molecule is CCCNC(=O)CN1CCC(CNC(=O)c2cc(F)cc(C(F)(F)F)c2)CC1. The molecule has 2 amide bonds. The standard InChI is InChI=1S/C19H25F4N3O2/c1-2-5-24-17(27)12-26-6-3-13(4-7-26)11-25-18(28)14-8-15(19(21,22)23)10-16(20)9-14/h8-10,13H,2-7,11-12H2,1H3,(H,24,27)(H,25,28). The summed E-state index contributed by atoms with van der Waals surface area (Å²) in [6.07, 6.45) is -2.31. The maximum absolute atomic E-state index is 13.4. The van der Waals surface area contributed by atoms with E-state index in [1.807, 2.05) is 11.8 Å². The summed E-state index contributed by atoms with van der Waals surface area (Å²) in [6.45, 7) is 4.68. The highest BCUT2D eigenvalue weighted by Crippen LogP contribution is 2.30. The number of hydrogen-bond acceptors (Lipinski definition) is 3. The number of carbonyl (C=O) groups is 2. The Hall–Kier alpha value is -2.16. The molecule has 0 unspecified atom stereocenters. The molecule has 0 aromatic heterocycles. The van der Waals surface area contributed by atoms with Crippen LogP contribution in [-0.2, 0) is 11.0 Å². The number of piperidine rings is 1. The molecule has 0 saturated carbocycles. The van der Waals surface area contributed by atoms with E-state index in [1.54, 1.807) is 0 Å². The number of carbonyl (C=O) groups excluding carboxylic acids is 2. The van der Waals surface area contributed by atoms with Gasteiger partial charge in [-0.25, -0.2) is 4.39 Å². The number of alkyl halides is 3. The lowest BCUT2D eigenvalue weighted by Gasteiger charge is -2.31. The van der Waals surface area contributed by atoms with Gasteiger partial charge < -0.3 is 10.6 Å². The lowest BCUT2D eigenvalue weighted by Crippen LogP contribution is -2.43. The zero-order chi connectivity index (χ0) is 20.7. The van der Waals surface area contributed by atoms with Crippen LogP contribution in [0.5, 0.6) is 0 Å². The molecule has 0 aliphatic carbocycles. The number of benzene rings is 1. The van der Waals surface area contributed by atoms with E-state index >= 15 is 0 Å². The average molecular weight is 403 g/mol. The van der Waals surface area contributed by atoms with Gasteiger partial charge in [-0.3, -0.25) is 14.5 Å². The van der Waals surface area contributed by atoms with Crippen LogP contribution < -0.4 is 10.6 Å². The number of nitrogens with zero attached hydrogens (tertiary/aromatic N) is 1. The molecule has 9 heteroatoms. The molecule has 1 aliphatic heterocycles. The lowest BCUT2D eigenvalue weighted by molar-refractivity contribution is -0.137. The Labute approximate surface area is 161 Å². The van der Waals surface area contributed by atoms with Gasteiger partial charge in [0.15, 0.2) is 0 Å². The fourth-order valence-corrected chi connectivity index (χ4v) is 3.10. The first-order chi connectivity index (χ1) is 13.2. The van der Waals surface area contributed by atoms with Crippen molar-refractivity contribution in [3.05, 3.63) is 35.1 Å². The molecule has 1 aliphatic rings. The second-order valence-corrected chi connectivity index (χ2v) is 7.01. The highest BCUT2D eigenvalue weighted by atomic mass is 19.4. The summed E-state index contributed by atoms with van der Waals surface area (Å²) in [5.41, 5.74) is -1.54. The van der Waals surface area contributed by atoms with Gasteiger partial charge in [-0.1, -0.05) is 6.92 Å². The number of hydrogen-bond donors (Lipinski definition) is 2. The van der Waals surface area contributed by atoms with Crippen LogP contribution in [0.4, 0.5) is 17.6 Å². The van der Waals surface area contributed by atoms with Crippen molar-refractivity contribution in [3.8, 4) is 0 Å².